The van der Waals surface area contributed by atoms with Gasteiger partial charge in [0.05, 0.1) is 18.0 Å². The van der Waals surface area contributed by atoms with Crippen LogP contribution in [-0.4, -0.2) is 48.3 Å². The van der Waals surface area contributed by atoms with Gasteiger partial charge < -0.3 is 24.5 Å². The number of anilines is 2. The molecule has 0 saturated carbocycles. The van der Waals surface area contributed by atoms with Crippen molar-refractivity contribution in [2.24, 2.45) is 4.99 Å². The molecule has 0 radical (unpaired) electrons. The van der Waals surface area contributed by atoms with Gasteiger partial charge in [-0.05, 0) is 30.3 Å². The zero-order valence-electron chi connectivity index (χ0n) is 19.0. The number of aliphatic imine (C=N–C) groups is 1. The molecule has 2 heterocycles. The molecule has 9 nitrogen and oxygen atoms in total. The first-order chi connectivity index (χ1) is 17.2. The molecule has 4 aromatic rings. The lowest BCUT2D eigenvalue weighted by Crippen LogP contribution is -2.32. The highest BCUT2D eigenvalue weighted by Crippen LogP contribution is 2.26. The summed E-state index contributed by atoms with van der Waals surface area (Å²) in [6.07, 6.45) is -0.970. The van der Waals surface area contributed by atoms with E-state index in [4.69, 9.17) is 18.9 Å². The van der Waals surface area contributed by atoms with Gasteiger partial charge in [-0.1, -0.05) is 53.6 Å². The lowest BCUT2D eigenvalue weighted by molar-refractivity contribution is -0.116. The largest absolute Gasteiger partial charge is 0.491 e. The Morgan fingerprint density at radius 1 is 0.914 bits per heavy atom. The van der Waals surface area contributed by atoms with Crippen LogP contribution in [-0.2, 0) is 9.53 Å². The number of benzene rings is 3. The third-order valence-corrected chi connectivity index (χ3v) is 5.34. The predicted molar refractivity (Wildman–Crippen MR) is 132 cm³/mol. The van der Waals surface area contributed by atoms with Crippen molar-refractivity contribution in [2.45, 2.75) is 6.17 Å². The fourth-order valence-corrected chi connectivity index (χ4v) is 3.63. The smallest absolute Gasteiger partial charge is 0.317 e. The number of carbonyl (C=O) groups excluding carboxylic acids is 1. The number of para-hydroxylation sites is 1. The fraction of sp³-hybridized carbons (Fsp3) is 0.154. The van der Waals surface area contributed by atoms with Gasteiger partial charge in [-0.2, -0.15) is 0 Å². The highest BCUT2D eigenvalue weighted by Gasteiger charge is 2.27. The van der Waals surface area contributed by atoms with Gasteiger partial charge in [0.2, 0.25) is 12.1 Å². The molecule has 0 aliphatic carbocycles. The normalized spacial score (nSPS) is 14.9. The molecule has 1 aromatic heterocycles. The minimum Gasteiger partial charge on any atom is -0.491 e. The number of aromatic nitrogens is 2. The summed E-state index contributed by atoms with van der Waals surface area (Å²) < 4.78 is 16.3. The molecule has 0 spiro atoms. The quantitative estimate of drug-likeness (QED) is 0.375. The average Bonchev–Trinajstić information content (AvgIpc) is 3.31. The summed E-state index contributed by atoms with van der Waals surface area (Å²) >= 11 is 0. The second-order valence-corrected chi connectivity index (χ2v) is 7.70. The van der Waals surface area contributed by atoms with Gasteiger partial charge in [0.25, 0.3) is 5.91 Å². The molecule has 35 heavy (non-hydrogen) atoms. The first-order valence-corrected chi connectivity index (χ1v) is 11.1. The van der Waals surface area contributed by atoms with E-state index in [-0.39, 0.29) is 11.9 Å². The zero-order chi connectivity index (χ0) is 24.0. The summed E-state index contributed by atoms with van der Waals surface area (Å²) in [7, 11) is 1.62. The predicted octanol–water partition coefficient (Wildman–Crippen LogP) is 3.99. The summed E-state index contributed by atoms with van der Waals surface area (Å²) in [5.74, 6) is 0.683. The van der Waals surface area contributed by atoms with Crippen molar-refractivity contribution < 1.29 is 18.7 Å². The van der Waals surface area contributed by atoms with Crippen LogP contribution in [0.2, 0.25) is 0 Å². The second kappa shape index (κ2) is 10.2. The van der Waals surface area contributed by atoms with Crippen molar-refractivity contribution in [3.8, 4) is 17.2 Å². The van der Waals surface area contributed by atoms with E-state index in [0.29, 0.717) is 36.3 Å². The van der Waals surface area contributed by atoms with Crippen molar-refractivity contribution in [2.75, 3.05) is 31.0 Å². The van der Waals surface area contributed by atoms with Crippen molar-refractivity contribution in [3.05, 3.63) is 90.0 Å². The molecule has 0 fully saturated rings. The maximum Gasteiger partial charge on any atom is 0.317 e. The first-order valence-electron chi connectivity index (χ1n) is 11.1. The van der Waals surface area contributed by atoms with Gasteiger partial charge >= 0.3 is 6.01 Å². The van der Waals surface area contributed by atoms with E-state index in [2.05, 4.69) is 20.8 Å². The van der Waals surface area contributed by atoms with Gasteiger partial charge in [-0.25, -0.2) is 4.99 Å². The van der Waals surface area contributed by atoms with E-state index in [1.165, 1.54) is 0 Å². The highest BCUT2D eigenvalue weighted by molar-refractivity contribution is 6.19. The Morgan fingerprint density at radius 2 is 1.69 bits per heavy atom. The van der Waals surface area contributed by atoms with E-state index >= 15 is 0 Å². The van der Waals surface area contributed by atoms with Crippen LogP contribution in [0.3, 0.4) is 0 Å². The summed E-state index contributed by atoms with van der Waals surface area (Å²) in [6, 6.07) is 24.6. The molecule has 1 aliphatic heterocycles. The Kier molecular flexibility index (Phi) is 6.49. The van der Waals surface area contributed by atoms with Crippen LogP contribution in [0.5, 0.6) is 5.75 Å². The van der Waals surface area contributed by atoms with Crippen LogP contribution < -0.4 is 15.4 Å². The molecule has 176 valence electrons. The van der Waals surface area contributed by atoms with E-state index in [1.807, 2.05) is 78.9 Å². The maximum atomic E-state index is 13.0. The lowest BCUT2D eigenvalue weighted by Gasteiger charge is -2.11. The van der Waals surface area contributed by atoms with Crippen LogP contribution in [0, 0.1) is 0 Å². The first kappa shape index (κ1) is 22.3. The van der Waals surface area contributed by atoms with Crippen LogP contribution in [0.1, 0.15) is 11.1 Å². The van der Waals surface area contributed by atoms with Gasteiger partial charge in [-0.15, -0.1) is 5.10 Å². The molecule has 1 aliphatic rings. The summed E-state index contributed by atoms with van der Waals surface area (Å²) in [6.45, 7) is 0.970. The number of methoxy groups -OCH3 is 1. The summed E-state index contributed by atoms with van der Waals surface area (Å²) in [5, 5.41) is 14.1. The highest BCUT2D eigenvalue weighted by atomic mass is 16.5. The number of benzodiazepines with no additional fused rings is 1. The van der Waals surface area contributed by atoms with Crippen molar-refractivity contribution in [1.29, 1.82) is 0 Å². The molecule has 0 saturated heterocycles. The SMILES string of the molecule is COCCOc1ccc(-c2nnc(N[C@H]3N=C(c4ccccc4)c4ccccc4NC3=O)o2)cc1. The van der Waals surface area contributed by atoms with E-state index in [9.17, 15) is 4.79 Å². The molecule has 5 rings (SSSR count). The fourth-order valence-electron chi connectivity index (χ4n) is 3.63. The Morgan fingerprint density at radius 3 is 2.49 bits per heavy atom. The second-order valence-electron chi connectivity index (χ2n) is 7.70. The number of amides is 1. The summed E-state index contributed by atoms with van der Waals surface area (Å²) in [5.41, 5.74) is 3.80. The van der Waals surface area contributed by atoms with E-state index in [1.54, 1.807) is 7.11 Å². The summed E-state index contributed by atoms with van der Waals surface area (Å²) in [4.78, 5) is 17.7. The van der Waals surface area contributed by atoms with Crippen LogP contribution in [0.25, 0.3) is 11.5 Å². The minimum absolute atomic E-state index is 0.0858. The van der Waals surface area contributed by atoms with Crippen molar-refractivity contribution in [3.63, 3.8) is 0 Å². The van der Waals surface area contributed by atoms with Gasteiger partial charge in [0.1, 0.15) is 12.4 Å². The minimum atomic E-state index is -0.970. The molecule has 0 unspecified atom stereocenters. The standard InChI is InChI=1S/C26H23N5O4/c1-33-15-16-34-19-13-11-18(12-14-19)25-30-31-26(35-25)29-23-24(32)27-21-10-6-5-9-20(21)22(28-23)17-7-3-2-4-8-17/h2-14,23H,15-16H2,1H3,(H,27,32)(H,29,31)/t23-/m1/s1. The number of hydrogen-bond acceptors (Lipinski definition) is 8. The number of nitrogens with zero attached hydrogens (tertiary/aromatic N) is 3. The van der Waals surface area contributed by atoms with Gasteiger partial charge in [0, 0.05) is 23.8 Å². The lowest BCUT2D eigenvalue weighted by atomic mass is 10.0. The Labute approximate surface area is 201 Å². The van der Waals surface area contributed by atoms with Crippen LogP contribution >= 0.6 is 0 Å². The number of fused-ring (bicyclic) bond motifs is 1. The molecule has 9 heteroatoms. The van der Waals surface area contributed by atoms with Crippen molar-refractivity contribution in [1.82, 2.24) is 10.2 Å². The molecule has 1 amide bonds. The zero-order valence-corrected chi connectivity index (χ0v) is 19.0. The number of ether oxygens (including phenoxy) is 2. The van der Waals surface area contributed by atoms with E-state index in [0.717, 1.165) is 16.7 Å². The molecule has 2 N–H and O–H groups in total. The molecule has 1 atom stereocenters. The Balaban J connectivity index is 1.38. The van der Waals surface area contributed by atoms with E-state index < -0.39 is 6.17 Å². The average molecular weight is 470 g/mol. The van der Waals surface area contributed by atoms with Crippen molar-refractivity contribution >= 4 is 23.3 Å². The maximum absolute atomic E-state index is 13.0. The number of carbonyl (C=O) groups is 1. The molecule has 3 aromatic carbocycles. The monoisotopic (exact) mass is 469 g/mol. The number of rotatable bonds is 8. The Bertz CT molecular complexity index is 1340. The molecular formula is C26H23N5O4. The molecular weight excluding hydrogens is 446 g/mol. The topological polar surface area (TPSA) is 111 Å². The van der Waals surface area contributed by atoms with Gasteiger partial charge in [-0.3, -0.25) is 4.79 Å². The van der Waals surface area contributed by atoms with Crippen LogP contribution in [0.4, 0.5) is 11.7 Å². The van der Waals surface area contributed by atoms with Crippen LogP contribution in [0.15, 0.2) is 88.3 Å². The third-order valence-electron chi connectivity index (χ3n) is 5.34. The third kappa shape index (κ3) is 5.04. The molecule has 0 bridgehead atoms. The Hall–Kier alpha value is -4.50. The number of hydrogen-bond donors (Lipinski definition) is 2. The number of nitrogens with one attached hydrogen (secondary N) is 2. The van der Waals surface area contributed by atoms with Gasteiger partial charge in [0.15, 0.2) is 0 Å².